The molecule has 3 heterocycles. The van der Waals surface area contributed by atoms with Crippen LogP contribution in [0.3, 0.4) is 0 Å². The van der Waals surface area contributed by atoms with Crippen LogP contribution in [0.2, 0.25) is 5.15 Å². The van der Waals surface area contributed by atoms with Crippen molar-refractivity contribution in [3.05, 3.63) is 59.1 Å². The van der Waals surface area contributed by atoms with Gasteiger partial charge in [0.2, 0.25) is 0 Å². The van der Waals surface area contributed by atoms with Crippen molar-refractivity contribution in [2.45, 2.75) is 13.0 Å². The van der Waals surface area contributed by atoms with Crippen molar-refractivity contribution in [1.29, 1.82) is 0 Å². The zero-order chi connectivity index (χ0) is 17.6. The average Bonchev–Trinajstić information content (AvgIpc) is 3.04. The number of Topliss-reactive ketones (excluding diaryl/α,β-unsaturated/α-hetero) is 1. The number of hydrogen-bond acceptors (Lipinski definition) is 5. The molecule has 0 bridgehead atoms. The molecule has 0 unspecified atom stereocenters. The largest absolute Gasteiger partial charge is 0.367 e. The Hall–Kier alpha value is -1.96. The summed E-state index contributed by atoms with van der Waals surface area (Å²) in [4.78, 5) is 23.6. The fourth-order valence-corrected chi connectivity index (χ4v) is 3.43. The molecule has 128 valence electrons. The fraction of sp³-hybridized carbons (Fsp3) is 0.176. The Morgan fingerprint density at radius 2 is 2.24 bits per heavy atom. The third-order valence-corrected chi connectivity index (χ3v) is 5.05. The highest BCUT2D eigenvalue weighted by atomic mass is 35.5. The number of fused-ring (bicyclic) bond motifs is 1. The zero-order valence-corrected chi connectivity index (χ0v) is 15.5. The molecule has 0 aromatic carbocycles. The first-order chi connectivity index (χ1) is 12.1. The number of hydrogen-bond donors (Lipinski definition) is 2. The van der Waals surface area contributed by atoms with E-state index in [0.29, 0.717) is 39.4 Å². The Labute approximate surface area is 159 Å². The molecular formula is C17H15ClN4OS2. The molecule has 2 N–H and O–H groups in total. The van der Waals surface area contributed by atoms with Crippen molar-refractivity contribution < 1.29 is 4.79 Å². The summed E-state index contributed by atoms with van der Waals surface area (Å²) in [6.07, 6.45) is 5.60. The SMILES string of the molecule is O=C(CCSC(=S)NCc1cccnc1)c1c[nH]c2nc(Cl)ccc12. The minimum Gasteiger partial charge on any atom is -0.367 e. The van der Waals surface area contributed by atoms with Crippen molar-refractivity contribution in [2.24, 2.45) is 0 Å². The number of thioether (sulfide) groups is 1. The number of rotatable bonds is 6. The van der Waals surface area contributed by atoms with Gasteiger partial charge in [0, 0.05) is 48.3 Å². The van der Waals surface area contributed by atoms with Gasteiger partial charge >= 0.3 is 0 Å². The first kappa shape index (κ1) is 17.8. The molecule has 0 saturated heterocycles. The second-order valence-corrected chi connectivity index (χ2v) is 7.42. The van der Waals surface area contributed by atoms with Crippen LogP contribution in [0.25, 0.3) is 11.0 Å². The van der Waals surface area contributed by atoms with Crippen LogP contribution in [-0.2, 0) is 6.54 Å². The Morgan fingerprint density at radius 1 is 1.36 bits per heavy atom. The summed E-state index contributed by atoms with van der Waals surface area (Å²) < 4.78 is 0.670. The number of nitrogens with one attached hydrogen (secondary N) is 2. The van der Waals surface area contributed by atoms with E-state index in [9.17, 15) is 4.79 Å². The lowest BCUT2D eigenvalue weighted by atomic mass is 10.1. The average molecular weight is 391 g/mol. The predicted molar refractivity (Wildman–Crippen MR) is 106 cm³/mol. The fourth-order valence-electron chi connectivity index (χ4n) is 2.31. The molecule has 0 saturated carbocycles. The maximum atomic E-state index is 12.4. The second kappa shape index (κ2) is 8.42. The van der Waals surface area contributed by atoms with Crippen LogP contribution < -0.4 is 5.32 Å². The van der Waals surface area contributed by atoms with Crippen LogP contribution in [0.4, 0.5) is 0 Å². The maximum absolute atomic E-state index is 12.4. The lowest BCUT2D eigenvalue weighted by Gasteiger charge is -2.07. The van der Waals surface area contributed by atoms with Gasteiger partial charge in [0.15, 0.2) is 5.78 Å². The number of aromatic amines is 1. The summed E-state index contributed by atoms with van der Waals surface area (Å²) in [7, 11) is 0. The maximum Gasteiger partial charge on any atom is 0.165 e. The van der Waals surface area contributed by atoms with E-state index in [4.69, 9.17) is 23.8 Å². The van der Waals surface area contributed by atoms with Gasteiger partial charge in [-0.05, 0) is 23.8 Å². The molecule has 3 aromatic rings. The van der Waals surface area contributed by atoms with Gasteiger partial charge in [0.05, 0.1) is 0 Å². The highest BCUT2D eigenvalue weighted by Gasteiger charge is 2.13. The number of ketones is 1. The lowest BCUT2D eigenvalue weighted by molar-refractivity contribution is 0.0991. The highest BCUT2D eigenvalue weighted by molar-refractivity contribution is 8.22. The van der Waals surface area contributed by atoms with E-state index in [0.717, 1.165) is 10.9 Å². The molecule has 0 aliphatic carbocycles. The normalized spacial score (nSPS) is 10.8. The molecule has 3 aromatic heterocycles. The van der Waals surface area contributed by atoms with E-state index in [-0.39, 0.29) is 5.78 Å². The van der Waals surface area contributed by atoms with Gasteiger partial charge in [-0.3, -0.25) is 9.78 Å². The van der Waals surface area contributed by atoms with E-state index in [1.165, 1.54) is 11.8 Å². The molecule has 25 heavy (non-hydrogen) atoms. The highest BCUT2D eigenvalue weighted by Crippen LogP contribution is 2.21. The van der Waals surface area contributed by atoms with Crippen molar-refractivity contribution in [3.8, 4) is 0 Å². The number of nitrogens with zero attached hydrogens (tertiary/aromatic N) is 2. The predicted octanol–water partition coefficient (Wildman–Crippen LogP) is 3.99. The van der Waals surface area contributed by atoms with Gasteiger partial charge in [-0.1, -0.05) is 41.6 Å². The zero-order valence-electron chi connectivity index (χ0n) is 13.2. The van der Waals surface area contributed by atoms with Gasteiger partial charge in [-0.15, -0.1) is 0 Å². The molecule has 0 spiro atoms. The van der Waals surface area contributed by atoms with E-state index in [1.807, 2.05) is 18.2 Å². The third-order valence-electron chi connectivity index (χ3n) is 3.53. The molecule has 0 fully saturated rings. The topological polar surface area (TPSA) is 70.7 Å². The first-order valence-corrected chi connectivity index (χ1v) is 9.37. The van der Waals surface area contributed by atoms with Gasteiger partial charge in [-0.2, -0.15) is 0 Å². The van der Waals surface area contributed by atoms with Crippen LogP contribution in [0, 0.1) is 0 Å². The Balaban J connectivity index is 1.48. The molecule has 3 rings (SSSR count). The summed E-state index contributed by atoms with van der Waals surface area (Å²) >= 11 is 12.6. The van der Waals surface area contributed by atoms with Crippen molar-refractivity contribution >= 4 is 56.7 Å². The first-order valence-electron chi connectivity index (χ1n) is 7.60. The summed E-state index contributed by atoms with van der Waals surface area (Å²) in [5.41, 5.74) is 2.32. The number of thiocarbonyl (C=S) groups is 1. The number of H-pyrrole nitrogens is 1. The van der Waals surface area contributed by atoms with Gasteiger partial charge < -0.3 is 10.3 Å². The second-order valence-electron chi connectivity index (χ2n) is 5.26. The van der Waals surface area contributed by atoms with Crippen LogP contribution in [0.5, 0.6) is 0 Å². The van der Waals surface area contributed by atoms with Crippen LogP contribution >= 0.6 is 35.6 Å². The lowest BCUT2D eigenvalue weighted by Crippen LogP contribution is -2.18. The number of aromatic nitrogens is 3. The van der Waals surface area contributed by atoms with E-state index >= 15 is 0 Å². The summed E-state index contributed by atoms with van der Waals surface area (Å²) in [6, 6.07) is 7.35. The Morgan fingerprint density at radius 3 is 3.04 bits per heavy atom. The molecular weight excluding hydrogens is 376 g/mol. The molecule has 0 aliphatic heterocycles. The molecule has 5 nitrogen and oxygen atoms in total. The summed E-state index contributed by atoms with van der Waals surface area (Å²) in [5.74, 6) is 0.670. The Kier molecular flexibility index (Phi) is 6.01. The Bertz CT molecular complexity index is 898. The monoisotopic (exact) mass is 390 g/mol. The summed E-state index contributed by atoms with van der Waals surface area (Å²) in [5, 5.41) is 4.34. The minimum atomic E-state index is 0.0536. The molecule has 0 radical (unpaired) electrons. The molecule has 8 heteroatoms. The van der Waals surface area contributed by atoms with E-state index in [2.05, 4.69) is 20.3 Å². The van der Waals surface area contributed by atoms with E-state index < -0.39 is 0 Å². The minimum absolute atomic E-state index is 0.0536. The number of halogens is 1. The van der Waals surface area contributed by atoms with Gasteiger partial charge in [0.1, 0.15) is 15.1 Å². The van der Waals surface area contributed by atoms with E-state index in [1.54, 1.807) is 24.7 Å². The van der Waals surface area contributed by atoms with Gasteiger partial charge in [0.25, 0.3) is 0 Å². The standard InChI is InChI=1S/C17H15ClN4OS2/c18-15-4-3-12-13(10-20-16(12)22-15)14(23)5-7-25-17(24)21-9-11-2-1-6-19-8-11/h1-4,6,8,10H,5,7,9H2,(H,20,22)(H,21,24). The van der Waals surface area contributed by atoms with Crippen LogP contribution in [0.15, 0.2) is 42.9 Å². The van der Waals surface area contributed by atoms with Gasteiger partial charge in [-0.25, -0.2) is 4.98 Å². The quantitative estimate of drug-likeness (QED) is 0.376. The van der Waals surface area contributed by atoms with Crippen molar-refractivity contribution in [1.82, 2.24) is 20.3 Å². The molecule has 0 aliphatic rings. The van der Waals surface area contributed by atoms with Crippen LogP contribution in [-0.4, -0.2) is 30.8 Å². The van der Waals surface area contributed by atoms with Crippen molar-refractivity contribution in [3.63, 3.8) is 0 Å². The number of carbonyl (C=O) groups excluding carboxylic acids is 1. The third kappa shape index (κ3) is 4.78. The smallest absolute Gasteiger partial charge is 0.165 e. The number of carbonyl (C=O) groups is 1. The molecule has 0 atom stereocenters. The number of pyridine rings is 2. The molecule has 0 amide bonds. The van der Waals surface area contributed by atoms with Crippen molar-refractivity contribution in [2.75, 3.05) is 5.75 Å². The summed E-state index contributed by atoms with van der Waals surface area (Å²) in [6.45, 7) is 0.627. The van der Waals surface area contributed by atoms with Crippen LogP contribution in [0.1, 0.15) is 22.3 Å².